The third-order valence-electron chi connectivity index (χ3n) is 3.31. The minimum Gasteiger partial charge on any atom is -0.469 e. The molecule has 0 amide bonds. The molecule has 1 heterocycles. The van der Waals surface area contributed by atoms with Crippen molar-refractivity contribution < 1.29 is 19.4 Å². The molecule has 1 saturated heterocycles. The number of ether oxygens (including phenoxy) is 2. The average Bonchev–Trinajstić information content (AvgIpc) is 2.73. The molecule has 1 N–H and O–H groups in total. The maximum absolute atomic E-state index is 11.1. The van der Waals surface area contributed by atoms with Crippen molar-refractivity contribution in [2.75, 3.05) is 7.11 Å². The highest BCUT2D eigenvalue weighted by Gasteiger charge is 2.42. The van der Waals surface area contributed by atoms with Crippen LogP contribution < -0.4 is 0 Å². The van der Waals surface area contributed by atoms with Gasteiger partial charge in [0.2, 0.25) is 0 Å². The van der Waals surface area contributed by atoms with E-state index in [1.165, 1.54) is 7.11 Å². The molecule has 19 heavy (non-hydrogen) atoms. The van der Waals surface area contributed by atoms with E-state index in [0.29, 0.717) is 6.42 Å². The van der Waals surface area contributed by atoms with Crippen molar-refractivity contribution in [1.29, 1.82) is 0 Å². The van der Waals surface area contributed by atoms with Gasteiger partial charge >= 0.3 is 5.97 Å². The Kier molecular flexibility index (Phi) is 5.18. The fourth-order valence-electron chi connectivity index (χ4n) is 2.23. The summed E-state index contributed by atoms with van der Waals surface area (Å²) in [6.45, 7) is 0. The zero-order valence-corrected chi connectivity index (χ0v) is 12.8. The molecule has 0 radical (unpaired) electrons. The van der Waals surface area contributed by atoms with Gasteiger partial charge in [-0.25, -0.2) is 0 Å². The highest BCUT2D eigenvalue weighted by atomic mass is 127. The van der Waals surface area contributed by atoms with Gasteiger partial charge < -0.3 is 14.6 Å². The van der Waals surface area contributed by atoms with E-state index in [0.717, 1.165) is 5.56 Å². The smallest absolute Gasteiger partial charge is 0.305 e. The fourth-order valence-corrected chi connectivity index (χ4v) is 3.28. The maximum atomic E-state index is 11.1. The van der Waals surface area contributed by atoms with E-state index in [9.17, 15) is 9.90 Å². The van der Waals surface area contributed by atoms with Gasteiger partial charge in [-0.2, -0.15) is 0 Å². The Balaban J connectivity index is 2.00. The molecular formula is C14H17IO4. The molecule has 4 atom stereocenters. The van der Waals surface area contributed by atoms with Crippen molar-refractivity contribution in [2.24, 2.45) is 0 Å². The summed E-state index contributed by atoms with van der Waals surface area (Å²) in [5.74, 6) is -0.274. The van der Waals surface area contributed by atoms with Gasteiger partial charge in [0.1, 0.15) is 0 Å². The van der Waals surface area contributed by atoms with Crippen LogP contribution in [0.15, 0.2) is 30.3 Å². The van der Waals surface area contributed by atoms with Crippen LogP contribution in [-0.4, -0.2) is 34.3 Å². The summed E-state index contributed by atoms with van der Waals surface area (Å²) in [7, 11) is 1.36. The van der Waals surface area contributed by atoms with Crippen molar-refractivity contribution >= 4 is 28.6 Å². The first-order valence-corrected chi connectivity index (χ1v) is 7.47. The van der Waals surface area contributed by atoms with E-state index in [2.05, 4.69) is 27.3 Å². The number of rotatable bonds is 4. The van der Waals surface area contributed by atoms with Crippen LogP contribution in [0.5, 0.6) is 0 Å². The van der Waals surface area contributed by atoms with Gasteiger partial charge in [0.15, 0.2) is 0 Å². The maximum Gasteiger partial charge on any atom is 0.305 e. The van der Waals surface area contributed by atoms with E-state index in [-0.39, 0.29) is 28.5 Å². The van der Waals surface area contributed by atoms with Crippen LogP contribution in [-0.2, 0) is 14.3 Å². The zero-order valence-electron chi connectivity index (χ0n) is 10.7. The number of halogens is 1. The molecule has 0 saturated carbocycles. The van der Waals surface area contributed by atoms with E-state index >= 15 is 0 Å². The van der Waals surface area contributed by atoms with Crippen LogP contribution in [0.4, 0.5) is 0 Å². The lowest BCUT2D eigenvalue weighted by molar-refractivity contribution is -0.141. The molecule has 0 aromatic heterocycles. The number of hydrogen-bond acceptors (Lipinski definition) is 4. The van der Waals surface area contributed by atoms with Gasteiger partial charge in [0.25, 0.3) is 0 Å². The summed E-state index contributed by atoms with van der Waals surface area (Å²) in [5.41, 5.74) is 1.06. The number of alkyl halides is 1. The third kappa shape index (κ3) is 3.46. The van der Waals surface area contributed by atoms with E-state index < -0.39 is 6.10 Å². The van der Waals surface area contributed by atoms with Crippen LogP contribution in [0.2, 0.25) is 0 Å². The molecule has 0 bridgehead atoms. The molecule has 1 fully saturated rings. The highest BCUT2D eigenvalue weighted by molar-refractivity contribution is 14.1. The van der Waals surface area contributed by atoms with E-state index in [1.54, 1.807) is 0 Å². The number of carbonyl (C=O) groups is 1. The Labute approximate surface area is 126 Å². The molecule has 0 unspecified atom stereocenters. The number of carbonyl (C=O) groups excluding carboxylic acids is 1. The number of aliphatic hydroxyl groups is 1. The molecule has 0 spiro atoms. The number of methoxy groups -OCH3 is 1. The molecule has 1 aliphatic rings. The third-order valence-corrected chi connectivity index (χ3v) is 4.70. The second-order valence-corrected chi connectivity index (χ2v) is 5.99. The number of esters is 1. The Bertz CT molecular complexity index is 423. The number of benzene rings is 1. The van der Waals surface area contributed by atoms with Crippen LogP contribution >= 0.6 is 22.6 Å². The predicted octanol–water partition coefficient (Wildman–Crippen LogP) is 2.24. The number of aliphatic hydroxyl groups excluding tert-OH is 1. The summed E-state index contributed by atoms with van der Waals surface area (Å²) in [6, 6.07) is 9.84. The average molecular weight is 376 g/mol. The second-order valence-electron chi connectivity index (χ2n) is 4.56. The molecule has 2 rings (SSSR count). The normalized spacial score (nSPS) is 30.3. The van der Waals surface area contributed by atoms with Crippen molar-refractivity contribution in [3.8, 4) is 0 Å². The summed E-state index contributed by atoms with van der Waals surface area (Å²) in [4.78, 5) is 11.1. The Morgan fingerprint density at radius 1 is 1.42 bits per heavy atom. The molecule has 104 valence electrons. The molecular weight excluding hydrogens is 359 g/mol. The standard InChI is InChI=1S/C14H17IO4/c1-18-11(16)8-7-10-13(17)12(15)14(19-10)9-5-3-2-4-6-9/h2-6,10,12-14,17H,7-8H2,1H3/t10-,12-,13-,14-/m0/s1. The van der Waals surface area contributed by atoms with Gasteiger partial charge in [-0.1, -0.05) is 52.9 Å². The predicted molar refractivity (Wildman–Crippen MR) is 79.1 cm³/mol. The Morgan fingerprint density at radius 3 is 2.74 bits per heavy atom. The lowest BCUT2D eigenvalue weighted by Gasteiger charge is -2.14. The molecule has 0 aliphatic carbocycles. The van der Waals surface area contributed by atoms with Crippen molar-refractivity contribution in [3.63, 3.8) is 0 Å². The van der Waals surface area contributed by atoms with Crippen LogP contribution in [0.3, 0.4) is 0 Å². The van der Waals surface area contributed by atoms with Crippen LogP contribution in [0.25, 0.3) is 0 Å². The van der Waals surface area contributed by atoms with Crippen LogP contribution in [0.1, 0.15) is 24.5 Å². The summed E-state index contributed by atoms with van der Waals surface area (Å²) >= 11 is 2.21. The Morgan fingerprint density at radius 2 is 2.11 bits per heavy atom. The highest BCUT2D eigenvalue weighted by Crippen LogP contribution is 2.39. The van der Waals surface area contributed by atoms with E-state index in [4.69, 9.17) is 4.74 Å². The molecule has 4 nitrogen and oxygen atoms in total. The van der Waals surface area contributed by atoms with Gasteiger partial charge in [-0.15, -0.1) is 0 Å². The molecule has 5 heteroatoms. The first-order chi connectivity index (χ1) is 9.13. The topological polar surface area (TPSA) is 55.8 Å². The zero-order chi connectivity index (χ0) is 13.8. The first-order valence-electron chi connectivity index (χ1n) is 6.23. The summed E-state index contributed by atoms with van der Waals surface area (Å²) in [6.07, 6.45) is -0.249. The van der Waals surface area contributed by atoms with E-state index in [1.807, 2.05) is 30.3 Å². The van der Waals surface area contributed by atoms with Crippen molar-refractivity contribution in [2.45, 2.75) is 35.1 Å². The lowest BCUT2D eigenvalue weighted by Crippen LogP contribution is -2.27. The molecule has 1 aromatic carbocycles. The monoisotopic (exact) mass is 376 g/mol. The molecule has 1 aliphatic heterocycles. The second kappa shape index (κ2) is 6.67. The quantitative estimate of drug-likeness (QED) is 0.498. The van der Waals surface area contributed by atoms with Gasteiger partial charge in [0.05, 0.1) is 29.3 Å². The minimum atomic E-state index is -0.560. The Hall–Kier alpha value is -0.660. The van der Waals surface area contributed by atoms with Crippen molar-refractivity contribution in [3.05, 3.63) is 35.9 Å². The molecule has 1 aromatic rings. The largest absolute Gasteiger partial charge is 0.469 e. The van der Waals surface area contributed by atoms with Crippen molar-refractivity contribution in [1.82, 2.24) is 0 Å². The SMILES string of the molecule is COC(=O)CC[C@@H]1O[C@@H](c2ccccc2)[C@@H](I)[C@H]1O. The fraction of sp³-hybridized carbons (Fsp3) is 0.500. The van der Waals surface area contributed by atoms with Gasteiger partial charge in [-0.3, -0.25) is 4.79 Å². The van der Waals surface area contributed by atoms with Crippen LogP contribution in [0, 0.1) is 0 Å². The number of hydrogen-bond donors (Lipinski definition) is 1. The van der Waals surface area contributed by atoms with Gasteiger partial charge in [-0.05, 0) is 12.0 Å². The summed E-state index contributed by atoms with van der Waals surface area (Å²) in [5, 5.41) is 10.2. The lowest BCUT2D eigenvalue weighted by atomic mass is 10.0. The minimum absolute atomic E-state index is 0.0114. The summed E-state index contributed by atoms with van der Waals surface area (Å²) < 4.78 is 10.5. The first kappa shape index (κ1) is 14.7. The van der Waals surface area contributed by atoms with Gasteiger partial charge in [0, 0.05) is 6.42 Å².